The number of rotatable bonds is 16. The number of aromatic nitrogens is 5. The minimum atomic E-state index is -1.38. The first-order valence-corrected chi connectivity index (χ1v) is 22.8. The normalized spacial score (nSPS) is 14.2. The zero-order chi connectivity index (χ0) is 48.2. The molecule has 3 aromatic heterocycles. The summed E-state index contributed by atoms with van der Waals surface area (Å²) in [6.07, 6.45) is 1.33. The predicted molar refractivity (Wildman–Crippen MR) is 259 cm³/mol. The quantitative estimate of drug-likeness (QED) is 0.0519. The van der Waals surface area contributed by atoms with E-state index in [1.807, 2.05) is 48.5 Å². The summed E-state index contributed by atoms with van der Waals surface area (Å²) in [5.41, 5.74) is 2.32. The number of benzene rings is 5. The molecule has 1 saturated heterocycles. The number of hydrogen-bond donors (Lipinski definition) is 0. The Bertz CT molecular complexity index is 3180. The Morgan fingerprint density at radius 1 is 0.841 bits per heavy atom. The first kappa shape index (κ1) is 46.8. The molecule has 356 valence electrons. The maximum Gasteiger partial charge on any atom is 0.412 e. The maximum absolute atomic E-state index is 15.1. The highest BCUT2D eigenvalue weighted by molar-refractivity contribution is 6.42. The molecule has 8 aromatic rings. The molecule has 1 amide bonds. The van der Waals surface area contributed by atoms with Gasteiger partial charge in [0.1, 0.15) is 48.1 Å². The van der Waals surface area contributed by atoms with Gasteiger partial charge in [0.25, 0.3) is 0 Å². The fourth-order valence-corrected chi connectivity index (χ4v) is 8.74. The van der Waals surface area contributed by atoms with Crippen molar-refractivity contribution in [1.82, 2.24) is 39.3 Å². The molecule has 9 rings (SSSR count). The fourth-order valence-electron chi connectivity index (χ4n) is 8.42. The fraction of sp³-hybridized carbons (Fsp3) is 0.294. The number of amides is 1. The Hall–Kier alpha value is -7.34. The van der Waals surface area contributed by atoms with E-state index in [2.05, 4.69) is 31.9 Å². The predicted octanol–water partition coefficient (Wildman–Crippen LogP) is 8.23. The second kappa shape index (κ2) is 20.5. The second-order valence-corrected chi connectivity index (χ2v) is 17.2. The lowest BCUT2D eigenvalue weighted by molar-refractivity contribution is -0.174. The molecule has 0 N–H and O–H groups in total. The smallest absolute Gasteiger partial charge is 0.412 e. The molecule has 0 spiro atoms. The number of ether oxygens (including phenoxy) is 6. The van der Waals surface area contributed by atoms with Gasteiger partial charge in [-0.1, -0.05) is 48.0 Å². The van der Waals surface area contributed by atoms with E-state index in [-0.39, 0.29) is 18.9 Å². The van der Waals surface area contributed by atoms with Crippen molar-refractivity contribution >= 4 is 61.5 Å². The van der Waals surface area contributed by atoms with Crippen LogP contribution in [-0.2, 0) is 27.3 Å². The van der Waals surface area contributed by atoms with Gasteiger partial charge in [0.15, 0.2) is 5.82 Å². The molecule has 1 aliphatic rings. The first-order valence-electron chi connectivity index (χ1n) is 22.4. The summed E-state index contributed by atoms with van der Waals surface area (Å²) in [6.45, 7) is 6.50. The number of carbonyl (C=O) groups excluding carboxylic acids is 2. The topological polar surface area (TPSA) is 155 Å². The van der Waals surface area contributed by atoms with Gasteiger partial charge < -0.3 is 38.2 Å². The highest BCUT2D eigenvalue weighted by Gasteiger charge is 2.30. The van der Waals surface area contributed by atoms with Gasteiger partial charge in [0.2, 0.25) is 18.3 Å². The largest absolute Gasteiger partial charge is 0.496 e. The van der Waals surface area contributed by atoms with Crippen LogP contribution in [0, 0.1) is 5.82 Å². The van der Waals surface area contributed by atoms with Crippen LogP contribution in [0.5, 0.6) is 23.1 Å². The molecule has 69 heavy (non-hydrogen) atoms. The monoisotopic (exact) mass is 956 g/mol. The Kier molecular flexibility index (Phi) is 13.9. The highest BCUT2D eigenvalue weighted by atomic mass is 35.5. The summed E-state index contributed by atoms with van der Waals surface area (Å²) in [6, 6.07) is 24.7. The third-order valence-corrected chi connectivity index (χ3v) is 12.3. The van der Waals surface area contributed by atoms with E-state index in [4.69, 9.17) is 45.0 Å². The van der Waals surface area contributed by atoms with E-state index < -0.39 is 30.3 Å². The minimum absolute atomic E-state index is 0.0366. The van der Waals surface area contributed by atoms with Crippen molar-refractivity contribution in [3.63, 3.8) is 0 Å². The lowest BCUT2D eigenvalue weighted by Gasteiger charge is -2.32. The maximum atomic E-state index is 15.1. The summed E-state index contributed by atoms with van der Waals surface area (Å²) in [5, 5.41) is 8.72. The van der Waals surface area contributed by atoms with Gasteiger partial charge in [-0.2, -0.15) is 10.1 Å². The standard InChI is InChI=1S/C51H50ClFN8O8/c1-31(68-51(63)58(2)3)67-50(62)43(26-32-10-6-8-12-40(32)66-29-34-18-19-54-48(57-34)36-11-7-9-13-41(36)64-5)69-49-47-45-37-16-17-42(65-25-24-60-22-20-59(4)21-23-60)46(52)44(37)38-27-33(53)14-15-35(38)39(45)28-61(47)56-30-55-49/h6-19,27-28,30-31,43H,20-26,29H2,1-5H3. The number of likely N-dealkylation sites (N-methyl/N-ethyl adjacent to an activating group) is 1. The molecule has 0 bridgehead atoms. The molecule has 2 unspecified atom stereocenters. The van der Waals surface area contributed by atoms with Crippen LogP contribution in [0.25, 0.3) is 49.2 Å². The van der Waals surface area contributed by atoms with Gasteiger partial charge in [0, 0.05) is 88.7 Å². The number of para-hydroxylation sites is 2. The molecule has 2 atom stereocenters. The molecule has 0 saturated carbocycles. The number of hydrogen-bond acceptors (Lipinski definition) is 14. The van der Waals surface area contributed by atoms with Crippen LogP contribution in [0.4, 0.5) is 9.18 Å². The number of esters is 1. The summed E-state index contributed by atoms with van der Waals surface area (Å²) in [5.74, 6) is 0.770. The van der Waals surface area contributed by atoms with E-state index in [1.165, 1.54) is 44.4 Å². The molecule has 0 aliphatic carbocycles. The molecule has 18 heteroatoms. The molecular weight excluding hydrogens is 907 g/mol. The Morgan fingerprint density at radius 3 is 2.41 bits per heavy atom. The van der Waals surface area contributed by atoms with E-state index in [9.17, 15) is 9.59 Å². The highest BCUT2D eigenvalue weighted by Crippen LogP contribution is 2.45. The molecule has 1 fully saturated rings. The third-order valence-electron chi connectivity index (χ3n) is 12.0. The van der Waals surface area contributed by atoms with Crippen LogP contribution < -0.4 is 18.9 Å². The number of methoxy groups -OCH3 is 1. The zero-order valence-electron chi connectivity index (χ0n) is 38.7. The minimum Gasteiger partial charge on any atom is -0.496 e. The summed E-state index contributed by atoms with van der Waals surface area (Å²) in [4.78, 5) is 46.4. The van der Waals surface area contributed by atoms with Crippen molar-refractivity contribution in [1.29, 1.82) is 0 Å². The third kappa shape index (κ3) is 10.1. The van der Waals surface area contributed by atoms with Crippen molar-refractivity contribution in [2.24, 2.45) is 0 Å². The lowest BCUT2D eigenvalue weighted by Crippen LogP contribution is -2.45. The van der Waals surface area contributed by atoms with Gasteiger partial charge in [-0.15, -0.1) is 0 Å². The van der Waals surface area contributed by atoms with Gasteiger partial charge in [-0.05, 0) is 77.3 Å². The summed E-state index contributed by atoms with van der Waals surface area (Å²) in [7, 11) is 6.74. The Balaban J connectivity index is 1.07. The van der Waals surface area contributed by atoms with E-state index in [0.717, 1.165) is 38.3 Å². The number of fused-ring (bicyclic) bond motifs is 8. The van der Waals surface area contributed by atoms with Gasteiger partial charge >= 0.3 is 12.1 Å². The van der Waals surface area contributed by atoms with E-state index in [1.54, 1.807) is 48.3 Å². The molecule has 1 aliphatic heterocycles. The van der Waals surface area contributed by atoms with Crippen molar-refractivity contribution in [2.45, 2.75) is 32.3 Å². The second-order valence-electron chi connectivity index (χ2n) is 16.8. The van der Waals surface area contributed by atoms with Gasteiger partial charge in [-0.3, -0.25) is 4.90 Å². The molecule has 5 aromatic carbocycles. The zero-order valence-corrected chi connectivity index (χ0v) is 39.5. The number of halogens is 2. The van der Waals surface area contributed by atoms with Crippen LogP contribution >= 0.6 is 11.6 Å². The lowest BCUT2D eigenvalue weighted by atomic mass is 9.95. The van der Waals surface area contributed by atoms with E-state index >= 15 is 4.39 Å². The van der Waals surface area contributed by atoms with Gasteiger partial charge in [0.05, 0.1) is 23.4 Å². The molecule has 16 nitrogen and oxygen atoms in total. The Morgan fingerprint density at radius 2 is 1.61 bits per heavy atom. The van der Waals surface area contributed by atoms with Crippen molar-refractivity contribution in [3.8, 4) is 34.5 Å². The van der Waals surface area contributed by atoms with Crippen molar-refractivity contribution in [2.75, 3.05) is 67.6 Å². The van der Waals surface area contributed by atoms with Crippen LogP contribution in [-0.4, -0.2) is 131 Å². The number of carbonyl (C=O) groups is 2. The van der Waals surface area contributed by atoms with Crippen molar-refractivity contribution < 1.29 is 42.4 Å². The first-order chi connectivity index (χ1) is 33.4. The van der Waals surface area contributed by atoms with E-state index in [0.29, 0.717) is 83.8 Å². The van der Waals surface area contributed by atoms with Crippen LogP contribution in [0.3, 0.4) is 0 Å². The number of piperazine rings is 1. The SMILES string of the molecule is COc1ccccc1-c1nccc(COc2ccccc2CC(Oc2ncnn3cc4c5ccc(F)cc5c5c(Cl)c(OCCN6CCN(C)CC6)ccc5c4c23)C(=O)OC(C)OC(=O)N(C)C)n1. The molecule has 4 heterocycles. The molecular formula is C51H50ClFN8O8. The van der Waals surface area contributed by atoms with Crippen LogP contribution in [0.2, 0.25) is 5.02 Å². The molecule has 0 radical (unpaired) electrons. The van der Waals surface area contributed by atoms with Crippen LogP contribution in [0.15, 0.2) is 104 Å². The van der Waals surface area contributed by atoms with Crippen molar-refractivity contribution in [3.05, 3.63) is 126 Å². The summed E-state index contributed by atoms with van der Waals surface area (Å²) < 4.78 is 52.7. The average Bonchev–Trinajstić information content (AvgIpc) is 3.75. The average molecular weight is 957 g/mol. The number of nitrogens with zero attached hydrogens (tertiary/aromatic N) is 8. The van der Waals surface area contributed by atoms with Crippen LogP contribution in [0.1, 0.15) is 18.2 Å². The Labute approximate surface area is 402 Å². The summed E-state index contributed by atoms with van der Waals surface area (Å²) >= 11 is 7.26. The van der Waals surface area contributed by atoms with Gasteiger partial charge in [-0.25, -0.2) is 28.5 Å².